The van der Waals surface area contributed by atoms with E-state index in [0.29, 0.717) is 0 Å². The van der Waals surface area contributed by atoms with Gasteiger partial charge in [0.25, 0.3) is 0 Å². The van der Waals surface area contributed by atoms with Gasteiger partial charge in [0.1, 0.15) is 0 Å². The molecule has 1 N–H and O–H groups in total. The zero-order valence-electron chi connectivity index (χ0n) is 11.0. The van der Waals surface area contributed by atoms with Crippen LogP contribution in [-0.2, 0) is 4.74 Å². The van der Waals surface area contributed by atoms with E-state index in [1.165, 1.54) is 5.57 Å². The SMILES string of the molecule is C=C(CNC(C)(C)C)CN1CCCOCC1. The number of hydrogen-bond donors (Lipinski definition) is 1. The molecular formula is C13H26N2O. The van der Waals surface area contributed by atoms with Crippen LogP contribution in [0.4, 0.5) is 0 Å². The van der Waals surface area contributed by atoms with E-state index >= 15 is 0 Å². The molecule has 16 heavy (non-hydrogen) atoms. The van der Waals surface area contributed by atoms with Gasteiger partial charge < -0.3 is 10.1 Å². The lowest BCUT2D eigenvalue weighted by Gasteiger charge is -2.24. The minimum Gasteiger partial charge on any atom is -0.380 e. The quantitative estimate of drug-likeness (QED) is 0.738. The molecule has 0 unspecified atom stereocenters. The number of hydrogen-bond acceptors (Lipinski definition) is 3. The molecule has 0 aromatic heterocycles. The summed E-state index contributed by atoms with van der Waals surface area (Å²) in [5, 5.41) is 3.47. The van der Waals surface area contributed by atoms with Gasteiger partial charge in [-0.2, -0.15) is 0 Å². The highest BCUT2D eigenvalue weighted by Gasteiger charge is 2.12. The van der Waals surface area contributed by atoms with Crippen molar-refractivity contribution in [1.29, 1.82) is 0 Å². The van der Waals surface area contributed by atoms with E-state index in [0.717, 1.165) is 45.8 Å². The first-order chi connectivity index (χ1) is 7.47. The fraction of sp³-hybridized carbons (Fsp3) is 0.846. The molecular weight excluding hydrogens is 200 g/mol. The molecule has 3 nitrogen and oxygen atoms in total. The first kappa shape index (κ1) is 13.7. The van der Waals surface area contributed by atoms with Crippen LogP contribution in [0.1, 0.15) is 27.2 Å². The van der Waals surface area contributed by atoms with Crippen LogP contribution in [0, 0.1) is 0 Å². The Kier molecular flexibility index (Phi) is 5.46. The van der Waals surface area contributed by atoms with Gasteiger partial charge in [-0.15, -0.1) is 0 Å². The zero-order chi connectivity index (χ0) is 12.0. The monoisotopic (exact) mass is 226 g/mol. The summed E-state index contributed by atoms with van der Waals surface area (Å²) in [4.78, 5) is 2.43. The Hall–Kier alpha value is -0.380. The van der Waals surface area contributed by atoms with Crippen LogP contribution < -0.4 is 5.32 Å². The third-order valence-electron chi connectivity index (χ3n) is 2.63. The number of ether oxygens (including phenoxy) is 1. The molecule has 0 radical (unpaired) electrons. The first-order valence-electron chi connectivity index (χ1n) is 6.19. The standard InChI is InChI=1S/C13H26N2O/c1-12(10-14-13(2,3)4)11-15-6-5-8-16-9-7-15/h14H,1,5-11H2,2-4H3. The van der Waals surface area contributed by atoms with Crippen LogP contribution in [0.2, 0.25) is 0 Å². The summed E-state index contributed by atoms with van der Waals surface area (Å²) >= 11 is 0. The summed E-state index contributed by atoms with van der Waals surface area (Å²) < 4.78 is 5.43. The third-order valence-corrected chi connectivity index (χ3v) is 2.63. The fourth-order valence-corrected chi connectivity index (χ4v) is 1.72. The van der Waals surface area contributed by atoms with Crippen molar-refractivity contribution in [2.24, 2.45) is 0 Å². The van der Waals surface area contributed by atoms with Gasteiger partial charge in [-0.1, -0.05) is 6.58 Å². The van der Waals surface area contributed by atoms with E-state index in [2.05, 4.69) is 37.6 Å². The maximum absolute atomic E-state index is 5.43. The minimum absolute atomic E-state index is 0.171. The molecule has 0 saturated carbocycles. The minimum atomic E-state index is 0.171. The Bertz CT molecular complexity index is 212. The fourth-order valence-electron chi connectivity index (χ4n) is 1.72. The van der Waals surface area contributed by atoms with Crippen LogP contribution in [0.5, 0.6) is 0 Å². The normalized spacial score (nSPS) is 19.4. The number of rotatable bonds is 4. The van der Waals surface area contributed by atoms with E-state index in [1.807, 2.05) is 0 Å². The molecule has 1 aliphatic rings. The van der Waals surface area contributed by atoms with Crippen molar-refractivity contribution in [2.45, 2.75) is 32.7 Å². The Morgan fingerprint density at radius 2 is 2.06 bits per heavy atom. The molecule has 1 saturated heterocycles. The summed E-state index contributed by atoms with van der Waals surface area (Å²) in [5.74, 6) is 0. The van der Waals surface area contributed by atoms with Crippen molar-refractivity contribution in [3.05, 3.63) is 12.2 Å². The van der Waals surface area contributed by atoms with E-state index in [1.54, 1.807) is 0 Å². The Labute approximate surface area is 99.8 Å². The summed E-state index contributed by atoms with van der Waals surface area (Å²) in [6.45, 7) is 16.5. The molecule has 1 rings (SSSR count). The molecule has 0 aromatic rings. The number of nitrogens with one attached hydrogen (secondary N) is 1. The van der Waals surface area contributed by atoms with Crippen LogP contribution in [0.25, 0.3) is 0 Å². The van der Waals surface area contributed by atoms with Gasteiger partial charge in [0.2, 0.25) is 0 Å². The van der Waals surface area contributed by atoms with Gasteiger partial charge in [0.15, 0.2) is 0 Å². The summed E-state index contributed by atoms with van der Waals surface area (Å²) in [5.41, 5.74) is 1.43. The smallest absolute Gasteiger partial charge is 0.0593 e. The lowest BCUT2D eigenvalue weighted by molar-refractivity contribution is 0.142. The second kappa shape index (κ2) is 6.38. The Morgan fingerprint density at radius 1 is 1.31 bits per heavy atom. The second-order valence-electron chi connectivity index (χ2n) is 5.60. The molecule has 0 atom stereocenters. The molecule has 0 bridgehead atoms. The largest absolute Gasteiger partial charge is 0.380 e. The highest BCUT2D eigenvalue weighted by atomic mass is 16.5. The lowest BCUT2D eigenvalue weighted by atomic mass is 10.1. The van der Waals surface area contributed by atoms with E-state index in [-0.39, 0.29) is 5.54 Å². The Morgan fingerprint density at radius 3 is 2.75 bits per heavy atom. The molecule has 1 aliphatic heterocycles. The highest BCUT2D eigenvalue weighted by Crippen LogP contribution is 2.04. The van der Waals surface area contributed by atoms with Crippen molar-refractivity contribution >= 4 is 0 Å². The van der Waals surface area contributed by atoms with Crippen molar-refractivity contribution in [3.8, 4) is 0 Å². The molecule has 94 valence electrons. The molecule has 0 aliphatic carbocycles. The predicted molar refractivity (Wildman–Crippen MR) is 68.8 cm³/mol. The van der Waals surface area contributed by atoms with Crippen LogP contribution >= 0.6 is 0 Å². The van der Waals surface area contributed by atoms with Gasteiger partial charge in [0, 0.05) is 38.3 Å². The molecule has 0 spiro atoms. The van der Waals surface area contributed by atoms with Crippen molar-refractivity contribution in [1.82, 2.24) is 10.2 Å². The lowest BCUT2D eigenvalue weighted by Crippen LogP contribution is -2.39. The van der Waals surface area contributed by atoms with Crippen LogP contribution in [0.3, 0.4) is 0 Å². The third kappa shape index (κ3) is 6.26. The van der Waals surface area contributed by atoms with Crippen LogP contribution in [0.15, 0.2) is 12.2 Å². The molecule has 3 heteroatoms. The zero-order valence-corrected chi connectivity index (χ0v) is 11.0. The van der Waals surface area contributed by atoms with Crippen molar-refractivity contribution < 1.29 is 4.74 Å². The summed E-state index contributed by atoms with van der Waals surface area (Å²) in [6, 6.07) is 0. The highest BCUT2D eigenvalue weighted by molar-refractivity contribution is 5.01. The molecule has 1 fully saturated rings. The first-order valence-corrected chi connectivity index (χ1v) is 6.19. The van der Waals surface area contributed by atoms with Gasteiger partial charge in [-0.3, -0.25) is 4.90 Å². The molecule has 0 aromatic carbocycles. The molecule has 0 amide bonds. The second-order valence-corrected chi connectivity index (χ2v) is 5.60. The van der Waals surface area contributed by atoms with Gasteiger partial charge in [-0.25, -0.2) is 0 Å². The maximum Gasteiger partial charge on any atom is 0.0593 e. The van der Waals surface area contributed by atoms with Crippen molar-refractivity contribution in [3.63, 3.8) is 0 Å². The number of nitrogens with zero attached hydrogens (tertiary/aromatic N) is 1. The molecule has 1 heterocycles. The maximum atomic E-state index is 5.43. The summed E-state index contributed by atoms with van der Waals surface area (Å²) in [7, 11) is 0. The van der Waals surface area contributed by atoms with Crippen LogP contribution in [-0.4, -0.2) is 49.8 Å². The van der Waals surface area contributed by atoms with E-state index in [9.17, 15) is 0 Å². The van der Waals surface area contributed by atoms with Gasteiger partial charge in [-0.05, 0) is 32.8 Å². The Balaban J connectivity index is 2.22. The van der Waals surface area contributed by atoms with E-state index in [4.69, 9.17) is 4.74 Å². The summed E-state index contributed by atoms with van der Waals surface area (Å²) in [6.07, 6.45) is 1.14. The average Bonchev–Trinajstić information content (AvgIpc) is 2.42. The average molecular weight is 226 g/mol. The van der Waals surface area contributed by atoms with Crippen molar-refractivity contribution in [2.75, 3.05) is 39.4 Å². The van der Waals surface area contributed by atoms with Gasteiger partial charge in [0.05, 0.1) is 6.61 Å². The predicted octanol–water partition coefficient (Wildman–Crippen LogP) is 1.65. The van der Waals surface area contributed by atoms with E-state index < -0.39 is 0 Å². The topological polar surface area (TPSA) is 24.5 Å². The van der Waals surface area contributed by atoms with Gasteiger partial charge >= 0.3 is 0 Å².